The molecule has 0 spiro atoms. The lowest BCUT2D eigenvalue weighted by Gasteiger charge is -2.09. The van der Waals surface area contributed by atoms with Crippen LogP contribution in [0.2, 0.25) is 0 Å². The molecule has 0 saturated heterocycles. The van der Waals surface area contributed by atoms with Crippen LogP contribution >= 0.6 is 0 Å². The van der Waals surface area contributed by atoms with Crippen molar-refractivity contribution in [2.45, 2.75) is 27.3 Å². The van der Waals surface area contributed by atoms with Gasteiger partial charge in [-0.3, -0.25) is 4.79 Å². The van der Waals surface area contributed by atoms with E-state index in [0.29, 0.717) is 18.1 Å². The van der Waals surface area contributed by atoms with Crippen molar-refractivity contribution < 1.29 is 4.79 Å². The number of hydrogen-bond acceptors (Lipinski definition) is 4. The van der Waals surface area contributed by atoms with Gasteiger partial charge in [-0.05, 0) is 38.0 Å². The maximum absolute atomic E-state index is 12.4. The lowest BCUT2D eigenvalue weighted by Crippen LogP contribution is -2.14. The topological polar surface area (TPSA) is 66.9 Å². The SMILES string of the molecule is Cc1cccc(CNc2ncc(C(=O)Nc3ccc(C)cc3C)cn2)c1. The van der Waals surface area contributed by atoms with Crippen LogP contribution in [0.4, 0.5) is 11.6 Å². The summed E-state index contributed by atoms with van der Waals surface area (Å²) in [5.41, 5.74) is 5.77. The zero-order valence-corrected chi connectivity index (χ0v) is 15.2. The molecule has 0 unspecified atom stereocenters. The summed E-state index contributed by atoms with van der Waals surface area (Å²) in [6.07, 6.45) is 3.06. The largest absolute Gasteiger partial charge is 0.350 e. The van der Waals surface area contributed by atoms with Crippen LogP contribution in [0.5, 0.6) is 0 Å². The number of nitrogens with zero attached hydrogens (tertiary/aromatic N) is 2. The Morgan fingerprint density at radius 2 is 1.69 bits per heavy atom. The summed E-state index contributed by atoms with van der Waals surface area (Å²) in [5.74, 6) is 0.275. The predicted octanol–water partition coefficient (Wildman–Crippen LogP) is 4.27. The van der Waals surface area contributed by atoms with Crippen LogP contribution in [0.25, 0.3) is 0 Å². The van der Waals surface area contributed by atoms with E-state index < -0.39 is 0 Å². The molecule has 2 N–H and O–H groups in total. The quantitative estimate of drug-likeness (QED) is 0.724. The molecule has 1 amide bonds. The molecule has 0 aliphatic carbocycles. The first kappa shape index (κ1) is 17.6. The highest BCUT2D eigenvalue weighted by molar-refractivity contribution is 6.04. The zero-order chi connectivity index (χ0) is 18.5. The first-order chi connectivity index (χ1) is 12.5. The van der Waals surface area contributed by atoms with E-state index in [1.807, 2.05) is 44.2 Å². The Bertz CT molecular complexity index is 920. The van der Waals surface area contributed by atoms with Crippen LogP contribution in [0.15, 0.2) is 54.9 Å². The first-order valence-electron chi connectivity index (χ1n) is 8.51. The van der Waals surface area contributed by atoms with E-state index in [1.165, 1.54) is 18.0 Å². The van der Waals surface area contributed by atoms with Crippen LogP contribution in [0.3, 0.4) is 0 Å². The van der Waals surface area contributed by atoms with Crippen molar-refractivity contribution in [3.63, 3.8) is 0 Å². The lowest BCUT2D eigenvalue weighted by molar-refractivity contribution is 0.102. The van der Waals surface area contributed by atoms with Gasteiger partial charge in [0.05, 0.1) is 5.56 Å². The molecule has 0 atom stereocenters. The van der Waals surface area contributed by atoms with Crippen LogP contribution in [-0.4, -0.2) is 15.9 Å². The Labute approximate surface area is 153 Å². The van der Waals surface area contributed by atoms with Crippen molar-refractivity contribution in [2.24, 2.45) is 0 Å². The van der Waals surface area contributed by atoms with Gasteiger partial charge in [-0.25, -0.2) is 9.97 Å². The average molecular weight is 346 g/mol. The van der Waals surface area contributed by atoms with E-state index in [4.69, 9.17) is 0 Å². The second kappa shape index (κ2) is 7.78. The third-order valence-electron chi connectivity index (χ3n) is 4.08. The lowest BCUT2D eigenvalue weighted by atomic mass is 10.1. The van der Waals surface area contributed by atoms with E-state index in [1.54, 1.807) is 0 Å². The minimum atomic E-state index is -0.220. The molecule has 0 saturated carbocycles. The van der Waals surface area contributed by atoms with Crippen molar-refractivity contribution in [3.8, 4) is 0 Å². The van der Waals surface area contributed by atoms with Gasteiger partial charge in [0.15, 0.2) is 0 Å². The second-order valence-corrected chi connectivity index (χ2v) is 6.41. The Kier molecular flexibility index (Phi) is 5.27. The molecule has 0 bridgehead atoms. The van der Waals surface area contributed by atoms with Crippen LogP contribution in [0, 0.1) is 20.8 Å². The molecule has 5 nitrogen and oxygen atoms in total. The van der Waals surface area contributed by atoms with Gasteiger partial charge >= 0.3 is 0 Å². The molecule has 1 aromatic heterocycles. The summed E-state index contributed by atoms with van der Waals surface area (Å²) < 4.78 is 0. The highest BCUT2D eigenvalue weighted by atomic mass is 16.1. The molecule has 132 valence electrons. The van der Waals surface area contributed by atoms with E-state index in [-0.39, 0.29) is 5.91 Å². The van der Waals surface area contributed by atoms with Crippen molar-refractivity contribution in [1.29, 1.82) is 0 Å². The highest BCUT2D eigenvalue weighted by Crippen LogP contribution is 2.17. The standard InChI is InChI=1S/C21H22N4O/c1-14-5-4-6-17(10-14)11-22-21-23-12-18(13-24-21)20(26)25-19-8-7-15(2)9-16(19)3/h4-10,12-13H,11H2,1-3H3,(H,25,26)(H,22,23,24). The molecular weight excluding hydrogens is 324 g/mol. The summed E-state index contributed by atoms with van der Waals surface area (Å²) in [4.78, 5) is 20.8. The molecule has 0 aliphatic rings. The molecule has 0 radical (unpaired) electrons. The predicted molar refractivity (Wildman–Crippen MR) is 104 cm³/mol. The van der Waals surface area contributed by atoms with Crippen molar-refractivity contribution >= 4 is 17.5 Å². The van der Waals surface area contributed by atoms with E-state index in [0.717, 1.165) is 22.4 Å². The number of rotatable bonds is 5. The van der Waals surface area contributed by atoms with E-state index >= 15 is 0 Å². The van der Waals surface area contributed by atoms with Gasteiger partial charge in [0, 0.05) is 24.6 Å². The van der Waals surface area contributed by atoms with Gasteiger partial charge in [-0.2, -0.15) is 0 Å². The van der Waals surface area contributed by atoms with Gasteiger partial charge in [0.2, 0.25) is 5.95 Å². The number of anilines is 2. The average Bonchev–Trinajstić information content (AvgIpc) is 2.63. The summed E-state index contributed by atoms with van der Waals surface area (Å²) in [7, 11) is 0. The molecule has 5 heteroatoms. The fourth-order valence-corrected chi connectivity index (χ4v) is 2.69. The maximum atomic E-state index is 12.4. The highest BCUT2D eigenvalue weighted by Gasteiger charge is 2.09. The summed E-state index contributed by atoms with van der Waals surface area (Å²) >= 11 is 0. The number of carbonyl (C=O) groups is 1. The number of carbonyl (C=O) groups excluding carboxylic acids is 1. The second-order valence-electron chi connectivity index (χ2n) is 6.41. The number of benzene rings is 2. The maximum Gasteiger partial charge on any atom is 0.258 e. The number of amides is 1. The zero-order valence-electron chi connectivity index (χ0n) is 15.2. The van der Waals surface area contributed by atoms with Gasteiger partial charge < -0.3 is 10.6 Å². The number of nitrogens with one attached hydrogen (secondary N) is 2. The Balaban J connectivity index is 1.62. The fourth-order valence-electron chi connectivity index (χ4n) is 2.69. The van der Waals surface area contributed by atoms with Crippen LogP contribution in [0.1, 0.15) is 32.6 Å². The fraction of sp³-hybridized carbons (Fsp3) is 0.190. The Hall–Kier alpha value is -3.21. The van der Waals surface area contributed by atoms with Gasteiger partial charge in [-0.15, -0.1) is 0 Å². The molecule has 1 heterocycles. The number of aryl methyl sites for hydroxylation is 3. The Morgan fingerprint density at radius 3 is 2.38 bits per heavy atom. The Morgan fingerprint density at radius 1 is 0.962 bits per heavy atom. The monoisotopic (exact) mass is 346 g/mol. The van der Waals surface area contributed by atoms with Crippen molar-refractivity contribution in [3.05, 3.63) is 82.7 Å². The molecule has 0 fully saturated rings. The first-order valence-corrected chi connectivity index (χ1v) is 8.51. The summed E-state index contributed by atoms with van der Waals surface area (Å²) in [6.45, 7) is 6.69. The van der Waals surface area contributed by atoms with Gasteiger partial charge in [0.25, 0.3) is 5.91 Å². The minimum absolute atomic E-state index is 0.220. The normalized spacial score (nSPS) is 10.4. The molecular formula is C21H22N4O. The summed E-state index contributed by atoms with van der Waals surface area (Å²) in [6, 6.07) is 14.1. The van der Waals surface area contributed by atoms with Gasteiger partial charge in [-0.1, -0.05) is 47.5 Å². The minimum Gasteiger partial charge on any atom is -0.350 e. The van der Waals surface area contributed by atoms with Crippen LogP contribution < -0.4 is 10.6 Å². The van der Waals surface area contributed by atoms with E-state index in [9.17, 15) is 4.79 Å². The molecule has 3 rings (SSSR count). The molecule has 0 aliphatic heterocycles. The van der Waals surface area contributed by atoms with Crippen LogP contribution in [-0.2, 0) is 6.54 Å². The molecule has 26 heavy (non-hydrogen) atoms. The third-order valence-corrected chi connectivity index (χ3v) is 4.08. The van der Waals surface area contributed by atoms with E-state index in [2.05, 4.69) is 39.7 Å². The third kappa shape index (κ3) is 4.45. The van der Waals surface area contributed by atoms with Crippen molar-refractivity contribution in [1.82, 2.24) is 9.97 Å². The van der Waals surface area contributed by atoms with Crippen molar-refractivity contribution in [2.75, 3.05) is 10.6 Å². The number of aromatic nitrogens is 2. The number of hydrogen-bond donors (Lipinski definition) is 2. The van der Waals surface area contributed by atoms with Gasteiger partial charge in [0.1, 0.15) is 0 Å². The molecule has 3 aromatic rings. The smallest absolute Gasteiger partial charge is 0.258 e. The molecule has 2 aromatic carbocycles. The summed E-state index contributed by atoms with van der Waals surface area (Å²) in [5, 5.41) is 6.06.